The first-order valence-corrected chi connectivity index (χ1v) is 9.41. The molecule has 2 fully saturated rings. The Hall–Kier alpha value is -1.34. The normalized spacial score (nSPS) is 25.0. The number of hydrogen-bond donors (Lipinski definition) is 2. The van der Waals surface area contributed by atoms with Crippen LogP contribution in [0.2, 0.25) is 0 Å². The highest BCUT2D eigenvalue weighted by Gasteiger charge is 2.27. The first-order valence-electron chi connectivity index (χ1n) is 8.53. The number of carbonyl (C=O) groups excluding carboxylic acids is 1. The number of anilines is 1. The molecule has 0 spiro atoms. The number of aliphatic hydroxyl groups excluding tert-OH is 1. The number of piperidine rings is 1. The number of nitrogens with zero attached hydrogens (tertiary/aromatic N) is 3. The van der Waals surface area contributed by atoms with Gasteiger partial charge >= 0.3 is 6.03 Å². The molecular formula is C16H26N4O2S. The number of carbonyl (C=O) groups is 1. The van der Waals surface area contributed by atoms with Crippen molar-refractivity contribution in [2.45, 2.75) is 38.7 Å². The highest BCUT2D eigenvalue weighted by atomic mass is 32.1. The Labute approximate surface area is 141 Å². The Balaban J connectivity index is 1.41. The maximum atomic E-state index is 12.1. The molecule has 2 amide bonds. The van der Waals surface area contributed by atoms with Gasteiger partial charge in [0.1, 0.15) is 0 Å². The van der Waals surface area contributed by atoms with Crippen LogP contribution in [0.5, 0.6) is 0 Å². The van der Waals surface area contributed by atoms with Crippen LogP contribution in [0, 0.1) is 5.92 Å². The molecular weight excluding hydrogens is 312 g/mol. The van der Waals surface area contributed by atoms with E-state index in [9.17, 15) is 9.90 Å². The predicted octanol–water partition coefficient (Wildman–Crippen LogP) is 1.70. The summed E-state index contributed by atoms with van der Waals surface area (Å²) in [5.41, 5.74) is 1.05. The lowest BCUT2D eigenvalue weighted by Gasteiger charge is -2.34. The number of nitrogens with one attached hydrogen (secondary N) is 1. The van der Waals surface area contributed by atoms with Crippen molar-refractivity contribution in [1.29, 1.82) is 0 Å². The van der Waals surface area contributed by atoms with Gasteiger partial charge in [-0.2, -0.15) is 0 Å². The minimum absolute atomic E-state index is 0.0778. The zero-order valence-corrected chi connectivity index (χ0v) is 14.5. The Morgan fingerprint density at radius 1 is 1.43 bits per heavy atom. The second kappa shape index (κ2) is 7.49. The minimum Gasteiger partial charge on any atom is -0.391 e. The van der Waals surface area contributed by atoms with Gasteiger partial charge in [0.25, 0.3) is 0 Å². The van der Waals surface area contributed by atoms with Crippen molar-refractivity contribution in [3.05, 3.63) is 11.1 Å². The van der Waals surface area contributed by atoms with Gasteiger partial charge in [-0.15, -0.1) is 11.3 Å². The maximum absolute atomic E-state index is 12.1. The van der Waals surface area contributed by atoms with Crippen LogP contribution in [0.15, 0.2) is 5.38 Å². The molecule has 2 aliphatic rings. The summed E-state index contributed by atoms with van der Waals surface area (Å²) < 4.78 is 0. The Morgan fingerprint density at radius 2 is 2.22 bits per heavy atom. The lowest BCUT2D eigenvalue weighted by molar-refractivity contribution is 0.0436. The van der Waals surface area contributed by atoms with Crippen molar-refractivity contribution >= 4 is 22.5 Å². The summed E-state index contributed by atoms with van der Waals surface area (Å²) in [6, 6.07) is -0.0778. The van der Waals surface area contributed by atoms with E-state index in [4.69, 9.17) is 0 Å². The third-order valence-corrected chi connectivity index (χ3v) is 5.73. The molecule has 1 aromatic rings. The summed E-state index contributed by atoms with van der Waals surface area (Å²) in [5.74, 6) is 0.276. The number of β-amino-alcohol motifs (C(OH)–C–C–N with tert-alkyl or cyclic N) is 1. The maximum Gasteiger partial charge on any atom is 0.317 e. The number of urea groups is 1. The van der Waals surface area contributed by atoms with Gasteiger partial charge < -0.3 is 20.2 Å². The molecule has 6 nitrogen and oxygen atoms in total. The second-order valence-electron chi connectivity index (χ2n) is 6.58. The summed E-state index contributed by atoms with van der Waals surface area (Å²) in [5, 5.41) is 16.0. The van der Waals surface area contributed by atoms with E-state index in [0.717, 1.165) is 43.3 Å². The Bertz CT molecular complexity index is 530. The molecule has 2 aliphatic heterocycles. The highest BCUT2D eigenvalue weighted by molar-refractivity contribution is 7.13. The molecule has 2 N–H and O–H groups in total. The summed E-state index contributed by atoms with van der Waals surface area (Å²) in [6.07, 6.45) is 3.72. The molecule has 3 rings (SSSR count). The van der Waals surface area contributed by atoms with E-state index in [1.807, 2.05) is 6.92 Å². The van der Waals surface area contributed by atoms with E-state index in [2.05, 4.69) is 20.6 Å². The van der Waals surface area contributed by atoms with Crippen LogP contribution in [0.1, 0.15) is 31.9 Å². The number of hydrogen-bond acceptors (Lipinski definition) is 5. The van der Waals surface area contributed by atoms with Gasteiger partial charge in [-0.3, -0.25) is 0 Å². The molecule has 2 saturated heterocycles. The zero-order valence-electron chi connectivity index (χ0n) is 13.7. The number of aromatic nitrogens is 1. The van der Waals surface area contributed by atoms with E-state index in [-0.39, 0.29) is 11.9 Å². The first kappa shape index (κ1) is 16.5. The van der Waals surface area contributed by atoms with E-state index < -0.39 is 6.10 Å². The lowest BCUT2D eigenvalue weighted by atomic mass is 9.96. The molecule has 128 valence electrons. The first-order chi connectivity index (χ1) is 11.1. The monoisotopic (exact) mass is 338 g/mol. The van der Waals surface area contributed by atoms with Crippen molar-refractivity contribution < 1.29 is 9.90 Å². The fourth-order valence-electron chi connectivity index (χ4n) is 3.11. The highest BCUT2D eigenvalue weighted by Crippen LogP contribution is 2.24. The number of rotatable bonds is 4. The summed E-state index contributed by atoms with van der Waals surface area (Å²) >= 11 is 1.69. The van der Waals surface area contributed by atoms with Crippen LogP contribution in [-0.2, 0) is 6.42 Å². The molecule has 2 unspecified atom stereocenters. The van der Waals surface area contributed by atoms with Crippen molar-refractivity contribution in [3.63, 3.8) is 0 Å². The Morgan fingerprint density at radius 3 is 2.96 bits per heavy atom. The summed E-state index contributed by atoms with van der Waals surface area (Å²) in [6.45, 7) is 5.99. The second-order valence-corrected chi connectivity index (χ2v) is 7.41. The van der Waals surface area contributed by atoms with Crippen molar-refractivity contribution in [2.24, 2.45) is 5.92 Å². The largest absolute Gasteiger partial charge is 0.391 e. The zero-order chi connectivity index (χ0) is 16.2. The quantitative estimate of drug-likeness (QED) is 0.877. The van der Waals surface area contributed by atoms with Gasteiger partial charge in [0.2, 0.25) is 0 Å². The molecule has 3 heterocycles. The number of aliphatic hydroxyl groups is 1. The molecule has 0 saturated carbocycles. The molecule has 2 atom stereocenters. The van der Waals surface area contributed by atoms with Gasteiger partial charge in [0.05, 0.1) is 11.8 Å². The summed E-state index contributed by atoms with van der Waals surface area (Å²) in [7, 11) is 0. The Kier molecular flexibility index (Phi) is 5.38. The van der Waals surface area contributed by atoms with Crippen LogP contribution in [-0.4, -0.2) is 59.8 Å². The number of likely N-dealkylation sites (tertiary alicyclic amines) is 1. The van der Waals surface area contributed by atoms with Crippen molar-refractivity contribution in [3.8, 4) is 0 Å². The van der Waals surface area contributed by atoms with E-state index in [1.165, 1.54) is 12.8 Å². The standard InChI is InChI=1S/C16H26N4O2S/c1-12-5-9-20(10-14(12)21)15(22)17-6-4-13-11-23-16(18-13)19-7-2-3-8-19/h11-12,14,21H,2-10H2,1H3,(H,17,22). The fourth-order valence-corrected chi connectivity index (χ4v) is 4.02. The summed E-state index contributed by atoms with van der Waals surface area (Å²) in [4.78, 5) is 20.8. The molecule has 23 heavy (non-hydrogen) atoms. The van der Waals surface area contributed by atoms with Crippen LogP contribution in [0.25, 0.3) is 0 Å². The van der Waals surface area contributed by atoms with Crippen LogP contribution >= 0.6 is 11.3 Å². The average molecular weight is 338 g/mol. The molecule has 0 aromatic carbocycles. The molecule has 1 aromatic heterocycles. The molecule has 0 bridgehead atoms. The van der Waals surface area contributed by atoms with Gasteiger partial charge in [-0.25, -0.2) is 9.78 Å². The van der Waals surface area contributed by atoms with E-state index in [1.54, 1.807) is 16.2 Å². The molecule has 7 heteroatoms. The van der Waals surface area contributed by atoms with E-state index >= 15 is 0 Å². The third kappa shape index (κ3) is 4.14. The van der Waals surface area contributed by atoms with E-state index in [0.29, 0.717) is 13.1 Å². The van der Waals surface area contributed by atoms with Gasteiger partial charge in [0, 0.05) is 44.5 Å². The SMILES string of the molecule is CC1CCN(C(=O)NCCc2csc(N3CCCC3)n2)CC1O. The third-order valence-electron chi connectivity index (χ3n) is 4.78. The van der Waals surface area contributed by atoms with Gasteiger partial charge in [0.15, 0.2) is 5.13 Å². The van der Waals surface area contributed by atoms with Crippen molar-refractivity contribution in [2.75, 3.05) is 37.6 Å². The average Bonchev–Trinajstić information content (AvgIpc) is 3.20. The van der Waals surface area contributed by atoms with Crippen LogP contribution in [0.4, 0.5) is 9.93 Å². The molecule has 0 aliphatic carbocycles. The van der Waals surface area contributed by atoms with Gasteiger partial charge in [-0.05, 0) is 25.2 Å². The van der Waals surface area contributed by atoms with Crippen LogP contribution < -0.4 is 10.2 Å². The fraction of sp³-hybridized carbons (Fsp3) is 0.750. The lowest BCUT2D eigenvalue weighted by Crippen LogP contribution is -2.49. The van der Waals surface area contributed by atoms with Crippen LogP contribution in [0.3, 0.4) is 0 Å². The number of thiazole rings is 1. The number of amides is 2. The molecule has 0 radical (unpaired) electrons. The minimum atomic E-state index is -0.406. The van der Waals surface area contributed by atoms with Crippen molar-refractivity contribution in [1.82, 2.24) is 15.2 Å². The van der Waals surface area contributed by atoms with Gasteiger partial charge in [-0.1, -0.05) is 6.92 Å². The smallest absolute Gasteiger partial charge is 0.317 e. The predicted molar refractivity (Wildman–Crippen MR) is 92.0 cm³/mol. The topological polar surface area (TPSA) is 68.7 Å².